The summed E-state index contributed by atoms with van der Waals surface area (Å²) in [7, 11) is 1.73. The van der Waals surface area contributed by atoms with Crippen molar-refractivity contribution in [2.45, 2.75) is 6.92 Å². The van der Waals surface area contributed by atoms with Crippen molar-refractivity contribution >= 4 is 16.7 Å². The highest BCUT2D eigenvalue weighted by atomic mass is 19.1. The van der Waals surface area contributed by atoms with Gasteiger partial charge >= 0.3 is 0 Å². The Morgan fingerprint density at radius 1 is 1.00 bits per heavy atom. The van der Waals surface area contributed by atoms with Gasteiger partial charge in [-0.2, -0.15) is 0 Å². The molecule has 2 aromatic heterocycles. The van der Waals surface area contributed by atoms with Gasteiger partial charge in [-0.25, -0.2) is 28.7 Å². The first kappa shape index (κ1) is 18.7. The third kappa shape index (κ3) is 3.56. The van der Waals surface area contributed by atoms with Gasteiger partial charge in [-0.05, 0) is 42.8 Å². The van der Waals surface area contributed by atoms with Crippen LogP contribution in [0.3, 0.4) is 0 Å². The molecule has 146 valence electrons. The van der Waals surface area contributed by atoms with Crippen LogP contribution >= 0.6 is 0 Å². The van der Waals surface area contributed by atoms with E-state index in [9.17, 15) is 8.78 Å². The Hall–Kier alpha value is -3.68. The van der Waals surface area contributed by atoms with Gasteiger partial charge < -0.3 is 10.1 Å². The van der Waals surface area contributed by atoms with Gasteiger partial charge in [0.1, 0.15) is 35.0 Å². The highest BCUT2D eigenvalue weighted by Gasteiger charge is 2.17. The van der Waals surface area contributed by atoms with Crippen molar-refractivity contribution in [2.75, 3.05) is 19.0 Å². The number of fused-ring (bicyclic) bond motifs is 1. The first-order valence-corrected chi connectivity index (χ1v) is 8.98. The molecule has 4 rings (SSSR count). The molecule has 0 saturated carbocycles. The molecule has 0 atom stereocenters. The lowest BCUT2D eigenvalue weighted by atomic mass is 10.0. The second-order valence-corrected chi connectivity index (χ2v) is 6.20. The van der Waals surface area contributed by atoms with E-state index in [4.69, 9.17) is 4.74 Å². The van der Waals surface area contributed by atoms with Crippen LogP contribution in [0.25, 0.3) is 33.4 Å². The fraction of sp³-hybridized carbons (Fsp3) is 0.143. The minimum Gasteiger partial charge on any atom is -0.492 e. The van der Waals surface area contributed by atoms with Gasteiger partial charge in [0.25, 0.3) is 0 Å². The summed E-state index contributed by atoms with van der Waals surface area (Å²) in [6, 6.07) is 6.71. The summed E-state index contributed by atoms with van der Waals surface area (Å²) < 4.78 is 33.9. The van der Waals surface area contributed by atoms with E-state index in [1.807, 2.05) is 6.92 Å². The smallest absolute Gasteiger partial charge is 0.165 e. The molecule has 1 N–H and O–H groups in total. The predicted molar refractivity (Wildman–Crippen MR) is 107 cm³/mol. The maximum atomic E-state index is 14.4. The van der Waals surface area contributed by atoms with Crippen LogP contribution in [0.4, 0.5) is 14.6 Å². The average Bonchev–Trinajstić information content (AvgIpc) is 2.75. The fourth-order valence-corrected chi connectivity index (χ4v) is 3.07. The molecule has 0 aliphatic rings. The Balaban J connectivity index is 2.00. The molecule has 0 saturated heterocycles. The topological polar surface area (TPSA) is 72.8 Å². The van der Waals surface area contributed by atoms with E-state index < -0.39 is 11.6 Å². The summed E-state index contributed by atoms with van der Waals surface area (Å²) in [6.45, 7) is 2.22. The van der Waals surface area contributed by atoms with Crippen LogP contribution in [0.15, 0.2) is 49.1 Å². The summed E-state index contributed by atoms with van der Waals surface area (Å²) in [6.07, 6.45) is 4.66. The molecule has 0 amide bonds. The van der Waals surface area contributed by atoms with Gasteiger partial charge in [0.15, 0.2) is 5.82 Å². The first-order valence-electron chi connectivity index (χ1n) is 8.98. The summed E-state index contributed by atoms with van der Waals surface area (Å²) in [5.41, 5.74) is 1.79. The van der Waals surface area contributed by atoms with Crippen molar-refractivity contribution in [1.82, 2.24) is 19.9 Å². The summed E-state index contributed by atoms with van der Waals surface area (Å²) in [5, 5.41) is 3.66. The van der Waals surface area contributed by atoms with Crippen LogP contribution in [-0.4, -0.2) is 33.6 Å². The van der Waals surface area contributed by atoms with Gasteiger partial charge in [0.2, 0.25) is 0 Å². The molecule has 0 spiro atoms. The highest BCUT2D eigenvalue weighted by molar-refractivity contribution is 5.97. The van der Waals surface area contributed by atoms with Gasteiger partial charge in [-0.3, -0.25) is 0 Å². The van der Waals surface area contributed by atoms with Crippen molar-refractivity contribution in [2.24, 2.45) is 0 Å². The molecule has 8 heteroatoms. The number of aromatic nitrogens is 4. The van der Waals surface area contributed by atoms with Crippen molar-refractivity contribution in [3.05, 3.63) is 60.7 Å². The normalized spacial score (nSPS) is 10.9. The minimum absolute atomic E-state index is 0.135. The Labute approximate surface area is 165 Å². The zero-order valence-corrected chi connectivity index (χ0v) is 15.8. The maximum absolute atomic E-state index is 14.4. The van der Waals surface area contributed by atoms with Gasteiger partial charge in [0.05, 0.1) is 12.2 Å². The Bertz CT molecular complexity index is 1180. The second-order valence-electron chi connectivity index (χ2n) is 6.20. The van der Waals surface area contributed by atoms with Crippen molar-refractivity contribution in [3.63, 3.8) is 0 Å². The zero-order valence-electron chi connectivity index (χ0n) is 15.8. The zero-order chi connectivity index (χ0) is 20.4. The third-order valence-electron chi connectivity index (χ3n) is 4.36. The van der Waals surface area contributed by atoms with Crippen LogP contribution in [0.2, 0.25) is 0 Å². The number of halogens is 2. The molecule has 0 bridgehead atoms. The number of rotatable bonds is 5. The molecule has 6 nitrogen and oxygen atoms in total. The maximum Gasteiger partial charge on any atom is 0.165 e. The molecular formula is C21H17F2N5O. The number of hydrogen-bond donors (Lipinski definition) is 1. The van der Waals surface area contributed by atoms with E-state index in [1.165, 1.54) is 6.33 Å². The van der Waals surface area contributed by atoms with Crippen LogP contribution in [0.5, 0.6) is 5.75 Å². The number of nitrogens with one attached hydrogen (secondary N) is 1. The molecule has 0 radical (unpaired) electrons. The molecule has 0 fully saturated rings. The molecule has 29 heavy (non-hydrogen) atoms. The van der Waals surface area contributed by atoms with Crippen LogP contribution < -0.4 is 10.1 Å². The highest BCUT2D eigenvalue weighted by Crippen LogP contribution is 2.36. The lowest BCUT2D eigenvalue weighted by Crippen LogP contribution is -2.02. The monoisotopic (exact) mass is 393 g/mol. The Morgan fingerprint density at radius 2 is 1.79 bits per heavy atom. The molecule has 0 unspecified atom stereocenters. The molecule has 0 aliphatic heterocycles. The lowest BCUT2D eigenvalue weighted by molar-refractivity contribution is 0.344. The minimum atomic E-state index is -0.529. The van der Waals surface area contributed by atoms with Gasteiger partial charge in [0, 0.05) is 30.4 Å². The molecule has 2 aromatic carbocycles. The number of anilines is 1. The van der Waals surface area contributed by atoms with E-state index in [2.05, 4.69) is 25.3 Å². The quantitative estimate of drug-likeness (QED) is 0.539. The Kier molecular flexibility index (Phi) is 4.99. The Morgan fingerprint density at radius 3 is 2.52 bits per heavy atom. The predicted octanol–water partition coefficient (Wildman–Crippen LogP) is 4.47. The third-order valence-corrected chi connectivity index (χ3v) is 4.36. The number of nitrogens with zero attached hydrogens (tertiary/aromatic N) is 4. The molecule has 2 heterocycles. The number of ether oxygens (including phenoxy) is 1. The number of hydrogen-bond acceptors (Lipinski definition) is 6. The van der Waals surface area contributed by atoms with Crippen LogP contribution in [-0.2, 0) is 0 Å². The van der Waals surface area contributed by atoms with Gasteiger partial charge in [-0.1, -0.05) is 0 Å². The summed E-state index contributed by atoms with van der Waals surface area (Å²) in [4.78, 5) is 17.2. The summed E-state index contributed by atoms with van der Waals surface area (Å²) in [5.74, 6) is 0.337. The van der Waals surface area contributed by atoms with E-state index in [1.54, 1.807) is 31.6 Å². The van der Waals surface area contributed by atoms with E-state index in [0.717, 1.165) is 18.2 Å². The molecule has 0 aliphatic carbocycles. The van der Waals surface area contributed by atoms with Crippen molar-refractivity contribution in [3.8, 4) is 28.3 Å². The van der Waals surface area contributed by atoms with Crippen molar-refractivity contribution < 1.29 is 13.5 Å². The van der Waals surface area contributed by atoms with Crippen molar-refractivity contribution in [1.29, 1.82) is 0 Å². The fourth-order valence-electron chi connectivity index (χ4n) is 3.07. The van der Waals surface area contributed by atoms with E-state index in [-0.39, 0.29) is 5.56 Å². The SMILES string of the molecule is CCOc1cc(-c2cc(F)ccc2F)cc2c(NC)nc(-c3cncnc3)nc12. The van der Waals surface area contributed by atoms with Crippen LogP contribution in [0.1, 0.15) is 6.92 Å². The molecular weight excluding hydrogens is 376 g/mol. The lowest BCUT2D eigenvalue weighted by Gasteiger charge is -2.14. The molecule has 4 aromatic rings. The standard InChI is InChI=1S/C21H17F2N5O/c1-3-29-18-7-12(15-8-14(22)4-5-17(15)23)6-16-19(18)27-20(28-21(16)24-2)13-9-25-11-26-10-13/h4-11H,3H2,1-2H3,(H,24,27,28). The number of benzene rings is 2. The summed E-state index contributed by atoms with van der Waals surface area (Å²) >= 11 is 0. The average molecular weight is 393 g/mol. The second kappa shape index (κ2) is 7.75. The van der Waals surface area contributed by atoms with E-state index >= 15 is 0 Å². The van der Waals surface area contributed by atoms with Crippen LogP contribution in [0, 0.1) is 11.6 Å². The largest absolute Gasteiger partial charge is 0.492 e. The van der Waals surface area contributed by atoms with Gasteiger partial charge in [-0.15, -0.1) is 0 Å². The first-order chi connectivity index (χ1) is 14.1. The van der Waals surface area contributed by atoms with E-state index in [0.29, 0.717) is 46.0 Å².